The van der Waals surface area contributed by atoms with E-state index in [2.05, 4.69) is 0 Å². The third-order valence-electron chi connectivity index (χ3n) is 3.08. The Bertz CT molecular complexity index is 433. The second kappa shape index (κ2) is 5.39. The Hall–Kier alpha value is -1.56. The van der Waals surface area contributed by atoms with Crippen molar-refractivity contribution in [3.05, 3.63) is 22.4 Å². The molecule has 2 heterocycles. The number of rotatable bonds is 3. The maximum Gasteiger partial charge on any atom is 0.326 e. The molecule has 1 aliphatic rings. The van der Waals surface area contributed by atoms with Gasteiger partial charge in [0.2, 0.25) is 0 Å². The van der Waals surface area contributed by atoms with Crippen LogP contribution in [0.2, 0.25) is 0 Å². The van der Waals surface area contributed by atoms with Crippen LogP contribution in [0.4, 0.5) is 4.79 Å². The SMILES string of the molecule is CN(Cc1cccs1)C(=O)N1CCCC1C(=O)O. The molecular formula is C12H16N2O3S. The van der Waals surface area contributed by atoms with E-state index < -0.39 is 12.0 Å². The molecule has 98 valence electrons. The molecule has 2 rings (SSSR count). The van der Waals surface area contributed by atoms with Crippen molar-refractivity contribution in [3.8, 4) is 0 Å². The average Bonchev–Trinajstić information content (AvgIpc) is 2.97. The lowest BCUT2D eigenvalue weighted by Crippen LogP contribution is -2.46. The Morgan fingerprint density at radius 1 is 1.61 bits per heavy atom. The first-order valence-electron chi connectivity index (χ1n) is 5.86. The molecule has 1 unspecified atom stereocenters. The molecule has 0 aromatic carbocycles. The monoisotopic (exact) mass is 268 g/mol. The quantitative estimate of drug-likeness (QED) is 0.910. The molecule has 1 aliphatic heterocycles. The molecule has 18 heavy (non-hydrogen) atoms. The van der Waals surface area contributed by atoms with Gasteiger partial charge in [-0.1, -0.05) is 6.07 Å². The first kappa shape index (κ1) is 12.9. The lowest BCUT2D eigenvalue weighted by atomic mass is 10.2. The van der Waals surface area contributed by atoms with Gasteiger partial charge in [0.05, 0.1) is 6.54 Å². The molecule has 6 heteroatoms. The fourth-order valence-corrected chi connectivity index (χ4v) is 2.93. The predicted octanol–water partition coefficient (Wildman–Crippen LogP) is 1.85. The lowest BCUT2D eigenvalue weighted by Gasteiger charge is -2.27. The van der Waals surface area contributed by atoms with Crippen LogP contribution in [0.25, 0.3) is 0 Å². The summed E-state index contributed by atoms with van der Waals surface area (Å²) in [5, 5.41) is 11.0. The first-order chi connectivity index (χ1) is 8.59. The second-order valence-electron chi connectivity index (χ2n) is 4.41. The molecule has 1 atom stereocenters. The van der Waals surface area contributed by atoms with Gasteiger partial charge >= 0.3 is 12.0 Å². The maximum absolute atomic E-state index is 12.2. The molecule has 0 radical (unpaired) electrons. The highest BCUT2D eigenvalue weighted by atomic mass is 32.1. The highest BCUT2D eigenvalue weighted by Gasteiger charge is 2.35. The maximum atomic E-state index is 12.2. The fraction of sp³-hybridized carbons (Fsp3) is 0.500. The summed E-state index contributed by atoms with van der Waals surface area (Å²) in [6.45, 7) is 1.06. The molecule has 1 fully saturated rings. The molecule has 0 spiro atoms. The number of carbonyl (C=O) groups excluding carboxylic acids is 1. The summed E-state index contributed by atoms with van der Waals surface area (Å²) in [5.41, 5.74) is 0. The van der Waals surface area contributed by atoms with Crippen molar-refractivity contribution in [2.45, 2.75) is 25.4 Å². The minimum Gasteiger partial charge on any atom is -0.480 e. The zero-order valence-corrected chi connectivity index (χ0v) is 11.0. The smallest absolute Gasteiger partial charge is 0.326 e. The van der Waals surface area contributed by atoms with Crippen molar-refractivity contribution >= 4 is 23.3 Å². The summed E-state index contributed by atoms with van der Waals surface area (Å²) in [6, 6.07) is 3.04. The Balaban J connectivity index is 1.99. The van der Waals surface area contributed by atoms with E-state index in [0.717, 1.165) is 11.3 Å². The number of aliphatic carboxylic acids is 1. The summed E-state index contributed by atoms with van der Waals surface area (Å²) in [5.74, 6) is -0.912. The number of carboxylic acids is 1. The Morgan fingerprint density at radius 3 is 3.00 bits per heavy atom. The van der Waals surface area contributed by atoms with Gasteiger partial charge in [0, 0.05) is 18.5 Å². The van der Waals surface area contributed by atoms with E-state index in [4.69, 9.17) is 5.11 Å². The molecule has 5 nitrogen and oxygen atoms in total. The molecule has 2 amide bonds. The van der Waals surface area contributed by atoms with Gasteiger partial charge in [-0.3, -0.25) is 0 Å². The number of nitrogens with zero attached hydrogens (tertiary/aromatic N) is 2. The molecule has 1 aromatic rings. The van der Waals surface area contributed by atoms with Crippen molar-refractivity contribution in [2.24, 2.45) is 0 Å². The van der Waals surface area contributed by atoms with E-state index in [-0.39, 0.29) is 6.03 Å². The average molecular weight is 268 g/mol. The minimum atomic E-state index is -0.912. The highest BCUT2D eigenvalue weighted by Crippen LogP contribution is 2.20. The van der Waals surface area contributed by atoms with E-state index in [1.54, 1.807) is 23.3 Å². The van der Waals surface area contributed by atoms with Crippen LogP contribution in [0, 0.1) is 0 Å². The third-order valence-corrected chi connectivity index (χ3v) is 3.94. The minimum absolute atomic E-state index is 0.201. The standard InChI is InChI=1S/C12H16N2O3S/c1-13(8-9-4-3-7-18-9)12(17)14-6-2-5-10(14)11(15)16/h3-4,7,10H,2,5-6,8H2,1H3,(H,15,16). The molecular weight excluding hydrogens is 252 g/mol. The zero-order valence-electron chi connectivity index (χ0n) is 10.2. The van der Waals surface area contributed by atoms with Crippen LogP contribution >= 0.6 is 11.3 Å². The van der Waals surface area contributed by atoms with Gasteiger partial charge < -0.3 is 14.9 Å². The van der Waals surface area contributed by atoms with Gasteiger partial charge in [-0.05, 0) is 24.3 Å². The summed E-state index contributed by atoms with van der Waals surface area (Å²) < 4.78 is 0. The van der Waals surface area contributed by atoms with Crippen LogP contribution < -0.4 is 0 Å². The third kappa shape index (κ3) is 2.64. The van der Waals surface area contributed by atoms with E-state index >= 15 is 0 Å². The predicted molar refractivity (Wildman–Crippen MR) is 68.5 cm³/mol. The van der Waals surface area contributed by atoms with E-state index in [1.807, 2.05) is 17.5 Å². The summed E-state index contributed by atoms with van der Waals surface area (Å²) in [4.78, 5) is 27.4. The van der Waals surface area contributed by atoms with E-state index in [1.165, 1.54) is 4.90 Å². The Morgan fingerprint density at radius 2 is 2.39 bits per heavy atom. The number of urea groups is 1. The lowest BCUT2D eigenvalue weighted by molar-refractivity contribution is -0.141. The number of carboxylic acid groups (broad SMARTS) is 1. The van der Waals surface area contributed by atoms with Crippen molar-refractivity contribution < 1.29 is 14.7 Å². The highest BCUT2D eigenvalue weighted by molar-refractivity contribution is 7.09. The van der Waals surface area contributed by atoms with Gasteiger partial charge in [0.1, 0.15) is 6.04 Å². The second-order valence-corrected chi connectivity index (χ2v) is 5.44. The van der Waals surface area contributed by atoms with Gasteiger partial charge in [0.15, 0.2) is 0 Å². The molecule has 1 saturated heterocycles. The van der Waals surface area contributed by atoms with Crippen LogP contribution in [-0.2, 0) is 11.3 Å². The summed E-state index contributed by atoms with van der Waals surface area (Å²) in [7, 11) is 1.71. The van der Waals surface area contributed by atoms with Crippen LogP contribution in [0.1, 0.15) is 17.7 Å². The fourth-order valence-electron chi connectivity index (χ4n) is 2.18. The summed E-state index contributed by atoms with van der Waals surface area (Å²) >= 11 is 1.59. The zero-order chi connectivity index (χ0) is 13.1. The Labute approximate surface area is 110 Å². The van der Waals surface area contributed by atoms with E-state index in [0.29, 0.717) is 19.5 Å². The first-order valence-corrected chi connectivity index (χ1v) is 6.74. The number of thiophene rings is 1. The number of likely N-dealkylation sites (tertiary alicyclic amines) is 1. The van der Waals surface area contributed by atoms with Gasteiger partial charge in [0.25, 0.3) is 0 Å². The van der Waals surface area contributed by atoms with Crippen molar-refractivity contribution in [1.29, 1.82) is 0 Å². The van der Waals surface area contributed by atoms with Crippen molar-refractivity contribution in [3.63, 3.8) is 0 Å². The molecule has 0 aliphatic carbocycles. The van der Waals surface area contributed by atoms with Gasteiger partial charge in [-0.25, -0.2) is 9.59 Å². The van der Waals surface area contributed by atoms with E-state index in [9.17, 15) is 9.59 Å². The number of hydrogen-bond donors (Lipinski definition) is 1. The van der Waals surface area contributed by atoms with Crippen LogP contribution in [-0.4, -0.2) is 46.5 Å². The molecule has 1 aromatic heterocycles. The number of carbonyl (C=O) groups is 2. The van der Waals surface area contributed by atoms with Gasteiger partial charge in [-0.2, -0.15) is 0 Å². The normalized spacial score (nSPS) is 18.9. The summed E-state index contributed by atoms with van der Waals surface area (Å²) in [6.07, 6.45) is 1.31. The number of hydrogen-bond acceptors (Lipinski definition) is 3. The van der Waals surface area contributed by atoms with Crippen LogP contribution in [0.5, 0.6) is 0 Å². The van der Waals surface area contributed by atoms with Crippen LogP contribution in [0.15, 0.2) is 17.5 Å². The number of amides is 2. The molecule has 0 bridgehead atoms. The van der Waals surface area contributed by atoms with Crippen LogP contribution in [0.3, 0.4) is 0 Å². The molecule has 0 saturated carbocycles. The van der Waals surface area contributed by atoms with Gasteiger partial charge in [-0.15, -0.1) is 11.3 Å². The van der Waals surface area contributed by atoms with Crippen molar-refractivity contribution in [1.82, 2.24) is 9.80 Å². The van der Waals surface area contributed by atoms with Crippen molar-refractivity contribution in [2.75, 3.05) is 13.6 Å². The topological polar surface area (TPSA) is 60.9 Å². The Kier molecular flexibility index (Phi) is 3.86. The largest absolute Gasteiger partial charge is 0.480 e. The molecule has 1 N–H and O–H groups in total.